The topological polar surface area (TPSA) is 72.5 Å². The van der Waals surface area contributed by atoms with Crippen LogP contribution in [0.25, 0.3) is 0 Å². The van der Waals surface area contributed by atoms with E-state index in [1.807, 2.05) is 13.0 Å². The van der Waals surface area contributed by atoms with E-state index in [1.54, 1.807) is 31.2 Å². The van der Waals surface area contributed by atoms with Crippen LogP contribution in [0.2, 0.25) is 0 Å². The van der Waals surface area contributed by atoms with Gasteiger partial charge in [-0.05, 0) is 68.1 Å². The minimum absolute atomic E-state index is 0.151. The Morgan fingerprint density at radius 2 is 1.75 bits per heavy atom. The van der Waals surface area contributed by atoms with Crippen LogP contribution >= 0.6 is 0 Å². The Bertz CT molecular complexity index is 868. The molecule has 3 rings (SSSR count). The molecule has 0 heterocycles. The van der Waals surface area contributed by atoms with E-state index in [4.69, 9.17) is 4.18 Å². The molecule has 6 heteroatoms. The van der Waals surface area contributed by atoms with Gasteiger partial charge < -0.3 is 9.50 Å². The Morgan fingerprint density at radius 3 is 2.38 bits per heavy atom. The molecule has 0 atom stereocenters. The van der Waals surface area contributed by atoms with Gasteiger partial charge in [-0.15, -0.1) is 0 Å². The lowest BCUT2D eigenvalue weighted by atomic mass is 10.2. The van der Waals surface area contributed by atoms with Crippen molar-refractivity contribution in [1.82, 2.24) is 5.32 Å². The van der Waals surface area contributed by atoms with Gasteiger partial charge in [-0.3, -0.25) is 4.79 Å². The van der Waals surface area contributed by atoms with E-state index >= 15 is 0 Å². The summed E-state index contributed by atoms with van der Waals surface area (Å²) in [6.07, 6.45) is 2.03. The first-order chi connectivity index (χ1) is 11.3. The second-order valence-corrected chi connectivity index (χ2v) is 7.59. The minimum atomic E-state index is -3.91. The molecule has 0 radical (unpaired) electrons. The molecule has 0 aromatic heterocycles. The van der Waals surface area contributed by atoms with Crippen LogP contribution in [-0.4, -0.2) is 20.4 Å². The van der Waals surface area contributed by atoms with Crippen LogP contribution in [0.15, 0.2) is 47.4 Å². The van der Waals surface area contributed by atoms with Gasteiger partial charge in [-0.1, -0.05) is 12.1 Å². The summed E-state index contributed by atoms with van der Waals surface area (Å²) in [4.78, 5) is 12.1. The van der Waals surface area contributed by atoms with Gasteiger partial charge >= 0.3 is 10.1 Å². The molecule has 2 aromatic carbocycles. The van der Waals surface area contributed by atoms with Gasteiger partial charge in [0.2, 0.25) is 0 Å². The maximum atomic E-state index is 12.4. The molecule has 1 N–H and O–H groups in total. The van der Waals surface area contributed by atoms with Crippen LogP contribution in [0.3, 0.4) is 0 Å². The number of carbonyl (C=O) groups is 1. The third kappa shape index (κ3) is 3.76. The van der Waals surface area contributed by atoms with E-state index in [0.29, 0.717) is 11.1 Å². The molecule has 5 nitrogen and oxygen atoms in total. The smallest absolute Gasteiger partial charge is 0.339 e. The number of nitrogens with one attached hydrogen (secondary N) is 1. The predicted octanol–water partition coefficient (Wildman–Crippen LogP) is 2.96. The quantitative estimate of drug-likeness (QED) is 0.846. The fourth-order valence-corrected chi connectivity index (χ4v) is 3.55. The Hall–Kier alpha value is -2.34. The monoisotopic (exact) mass is 345 g/mol. The number of hydrogen-bond acceptors (Lipinski definition) is 4. The first-order valence-electron chi connectivity index (χ1n) is 7.78. The molecule has 0 aliphatic heterocycles. The average Bonchev–Trinajstić information content (AvgIpc) is 3.34. The number of rotatable bonds is 5. The zero-order valence-electron chi connectivity index (χ0n) is 13.6. The molecule has 0 spiro atoms. The van der Waals surface area contributed by atoms with Crippen molar-refractivity contribution in [3.8, 4) is 5.75 Å². The summed E-state index contributed by atoms with van der Waals surface area (Å²) in [5.74, 6) is 0.0281. The number of carbonyl (C=O) groups excluding carboxylic acids is 1. The lowest BCUT2D eigenvalue weighted by Crippen LogP contribution is -2.25. The summed E-state index contributed by atoms with van der Waals surface area (Å²) in [6, 6.07) is 11.6. The van der Waals surface area contributed by atoms with E-state index in [1.165, 1.54) is 12.1 Å². The molecule has 0 unspecified atom stereocenters. The number of aryl methyl sites for hydroxylation is 2. The average molecular weight is 345 g/mol. The molecule has 1 amide bonds. The Labute approximate surface area is 141 Å². The molecule has 1 fully saturated rings. The molecular weight excluding hydrogens is 326 g/mol. The molecule has 1 aliphatic rings. The highest BCUT2D eigenvalue weighted by molar-refractivity contribution is 7.87. The Morgan fingerprint density at radius 1 is 1.08 bits per heavy atom. The van der Waals surface area contributed by atoms with Crippen LogP contribution in [0, 0.1) is 13.8 Å². The van der Waals surface area contributed by atoms with Crippen molar-refractivity contribution in [3.63, 3.8) is 0 Å². The van der Waals surface area contributed by atoms with Crippen LogP contribution < -0.4 is 9.50 Å². The van der Waals surface area contributed by atoms with Gasteiger partial charge in [-0.2, -0.15) is 8.42 Å². The summed E-state index contributed by atoms with van der Waals surface area (Å²) >= 11 is 0. The molecule has 0 saturated heterocycles. The van der Waals surface area contributed by atoms with Crippen LogP contribution in [0.1, 0.15) is 34.3 Å². The lowest BCUT2D eigenvalue weighted by Gasteiger charge is -2.10. The summed E-state index contributed by atoms with van der Waals surface area (Å²) in [5, 5.41) is 2.88. The van der Waals surface area contributed by atoms with E-state index in [-0.39, 0.29) is 22.6 Å². The summed E-state index contributed by atoms with van der Waals surface area (Å²) in [6.45, 7) is 3.55. The van der Waals surface area contributed by atoms with Crippen molar-refractivity contribution < 1.29 is 17.4 Å². The fraction of sp³-hybridized carbons (Fsp3) is 0.278. The third-order valence-electron chi connectivity index (χ3n) is 3.85. The Kier molecular flexibility index (Phi) is 4.32. The second kappa shape index (κ2) is 6.28. The number of hydrogen-bond donors (Lipinski definition) is 1. The first-order valence-corrected chi connectivity index (χ1v) is 9.19. The third-order valence-corrected chi connectivity index (χ3v) is 5.24. The van der Waals surface area contributed by atoms with Crippen molar-refractivity contribution >= 4 is 16.0 Å². The van der Waals surface area contributed by atoms with E-state index in [9.17, 15) is 13.2 Å². The van der Waals surface area contributed by atoms with E-state index in [2.05, 4.69) is 5.32 Å². The zero-order chi connectivity index (χ0) is 17.3. The molecular formula is C18H19NO4S. The molecule has 2 aromatic rings. The highest BCUT2D eigenvalue weighted by Crippen LogP contribution is 2.23. The minimum Gasteiger partial charge on any atom is -0.379 e. The normalized spacial score (nSPS) is 14.2. The van der Waals surface area contributed by atoms with Gasteiger partial charge in [-0.25, -0.2) is 0 Å². The predicted molar refractivity (Wildman–Crippen MR) is 90.7 cm³/mol. The van der Waals surface area contributed by atoms with Gasteiger partial charge in [0.05, 0.1) is 0 Å². The summed E-state index contributed by atoms with van der Waals surface area (Å²) in [7, 11) is -3.91. The van der Waals surface area contributed by atoms with Crippen molar-refractivity contribution in [3.05, 3.63) is 59.2 Å². The highest BCUT2D eigenvalue weighted by atomic mass is 32.2. The summed E-state index contributed by atoms with van der Waals surface area (Å²) < 4.78 is 30.1. The van der Waals surface area contributed by atoms with Gasteiger partial charge in [0.15, 0.2) is 0 Å². The number of benzene rings is 2. The Balaban J connectivity index is 1.77. The van der Waals surface area contributed by atoms with Crippen LogP contribution in [0.4, 0.5) is 0 Å². The molecule has 126 valence electrons. The molecule has 1 aliphatic carbocycles. The van der Waals surface area contributed by atoms with Crippen LogP contribution in [-0.2, 0) is 10.1 Å². The van der Waals surface area contributed by atoms with E-state index in [0.717, 1.165) is 18.4 Å². The number of amides is 1. The lowest BCUT2D eigenvalue weighted by molar-refractivity contribution is 0.0951. The SMILES string of the molecule is Cc1ccc(C)c(S(=O)(=O)Oc2ccc(C(=O)NC3CC3)cc2)c1. The summed E-state index contributed by atoms with van der Waals surface area (Å²) in [5.41, 5.74) is 1.95. The van der Waals surface area contributed by atoms with Gasteiger partial charge in [0, 0.05) is 11.6 Å². The second-order valence-electron chi connectivity index (χ2n) is 6.08. The fourth-order valence-electron chi connectivity index (χ4n) is 2.31. The largest absolute Gasteiger partial charge is 0.379 e. The zero-order valence-corrected chi connectivity index (χ0v) is 14.4. The standard InChI is InChI=1S/C18H19NO4S/c1-12-3-4-13(2)17(11-12)24(21,22)23-16-9-5-14(6-10-16)18(20)19-15-7-8-15/h3-6,9-11,15H,7-8H2,1-2H3,(H,19,20). The van der Waals surface area contributed by atoms with Crippen LogP contribution in [0.5, 0.6) is 5.75 Å². The van der Waals surface area contributed by atoms with Crippen molar-refractivity contribution in [1.29, 1.82) is 0 Å². The van der Waals surface area contributed by atoms with Crippen molar-refractivity contribution in [2.45, 2.75) is 37.6 Å². The van der Waals surface area contributed by atoms with Crippen molar-refractivity contribution in [2.75, 3.05) is 0 Å². The first kappa shape index (κ1) is 16.5. The molecule has 1 saturated carbocycles. The highest BCUT2D eigenvalue weighted by Gasteiger charge is 2.24. The maximum absolute atomic E-state index is 12.4. The maximum Gasteiger partial charge on any atom is 0.339 e. The van der Waals surface area contributed by atoms with Gasteiger partial charge in [0.25, 0.3) is 5.91 Å². The molecule has 24 heavy (non-hydrogen) atoms. The van der Waals surface area contributed by atoms with E-state index < -0.39 is 10.1 Å². The molecule has 0 bridgehead atoms. The van der Waals surface area contributed by atoms with Crippen molar-refractivity contribution in [2.24, 2.45) is 0 Å². The van der Waals surface area contributed by atoms with Gasteiger partial charge in [0.1, 0.15) is 10.6 Å².